The van der Waals surface area contributed by atoms with Crippen LogP contribution in [0.3, 0.4) is 0 Å². The van der Waals surface area contributed by atoms with Crippen LogP contribution in [0.25, 0.3) is 0 Å². The van der Waals surface area contributed by atoms with Crippen molar-refractivity contribution in [2.24, 2.45) is 22.7 Å². The highest BCUT2D eigenvalue weighted by molar-refractivity contribution is 4.84. The first-order chi connectivity index (χ1) is 8.63. The van der Waals surface area contributed by atoms with E-state index < -0.39 is 0 Å². The molecule has 3 unspecified atom stereocenters. The highest BCUT2D eigenvalue weighted by atomic mass is 16.3. The van der Waals surface area contributed by atoms with Crippen LogP contribution in [0.5, 0.6) is 0 Å². The summed E-state index contributed by atoms with van der Waals surface area (Å²) in [5.74, 6) is 1.34. The molecule has 0 radical (unpaired) electrons. The number of hydrogen-bond acceptors (Lipinski definition) is 1. The lowest BCUT2D eigenvalue weighted by atomic mass is 9.64. The molecule has 1 rings (SSSR count). The molecule has 0 aromatic carbocycles. The van der Waals surface area contributed by atoms with Crippen LogP contribution in [0.4, 0.5) is 0 Å². The van der Waals surface area contributed by atoms with E-state index in [1.54, 1.807) is 0 Å². The maximum absolute atomic E-state index is 10.0. The lowest BCUT2D eigenvalue weighted by molar-refractivity contribution is 0.0559. The molecule has 0 aliphatic heterocycles. The van der Waals surface area contributed by atoms with Gasteiger partial charge in [-0.15, -0.1) is 0 Å². The SMILES string of the molecule is CC(CCC1CCCCC1O)CC(C)(C)C(C)(C)C. The zero-order valence-electron chi connectivity index (χ0n) is 14.1. The fourth-order valence-corrected chi connectivity index (χ4v) is 3.30. The van der Waals surface area contributed by atoms with Crippen molar-refractivity contribution in [3.05, 3.63) is 0 Å². The van der Waals surface area contributed by atoms with Gasteiger partial charge in [0.2, 0.25) is 0 Å². The molecule has 1 heteroatoms. The van der Waals surface area contributed by atoms with Gasteiger partial charge >= 0.3 is 0 Å². The van der Waals surface area contributed by atoms with Crippen LogP contribution in [0, 0.1) is 22.7 Å². The van der Waals surface area contributed by atoms with Crippen molar-refractivity contribution in [3.8, 4) is 0 Å². The average Bonchev–Trinajstić information content (AvgIpc) is 2.26. The fraction of sp³-hybridized carbons (Fsp3) is 1.00. The van der Waals surface area contributed by atoms with Gasteiger partial charge in [-0.25, -0.2) is 0 Å². The molecule has 1 aliphatic carbocycles. The van der Waals surface area contributed by atoms with Gasteiger partial charge in [0.1, 0.15) is 0 Å². The number of aliphatic hydroxyl groups excluding tert-OH is 1. The van der Waals surface area contributed by atoms with Crippen molar-refractivity contribution >= 4 is 0 Å². The molecule has 1 N–H and O–H groups in total. The first kappa shape index (κ1) is 17.0. The van der Waals surface area contributed by atoms with Crippen molar-refractivity contribution in [2.45, 2.75) is 92.6 Å². The molecule has 1 aliphatic rings. The van der Waals surface area contributed by atoms with Crippen molar-refractivity contribution in [3.63, 3.8) is 0 Å². The Bertz CT molecular complexity index is 261. The third-order valence-corrected chi connectivity index (χ3v) is 5.79. The topological polar surface area (TPSA) is 20.2 Å². The zero-order chi connectivity index (χ0) is 14.7. The molecular formula is C18H36O. The predicted octanol–water partition coefficient (Wildman–Crippen LogP) is 5.42. The van der Waals surface area contributed by atoms with Crippen LogP contribution in [0.1, 0.15) is 86.5 Å². The summed E-state index contributed by atoms with van der Waals surface area (Å²) in [7, 11) is 0. The van der Waals surface area contributed by atoms with Gasteiger partial charge in [0.15, 0.2) is 0 Å². The van der Waals surface area contributed by atoms with Crippen LogP contribution in [0.2, 0.25) is 0 Å². The Morgan fingerprint density at radius 2 is 1.63 bits per heavy atom. The molecule has 0 saturated heterocycles. The van der Waals surface area contributed by atoms with E-state index in [1.165, 1.54) is 38.5 Å². The Labute approximate surface area is 121 Å². The molecule has 0 spiro atoms. The van der Waals surface area contributed by atoms with Gasteiger partial charge in [0, 0.05) is 0 Å². The van der Waals surface area contributed by atoms with E-state index in [4.69, 9.17) is 0 Å². The summed E-state index contributed by atoms with van der Waals surface area (Å²) in [6.45, 7) is 14.3. The Hall–Kier alpha value is -0.0400. The van der Waals surface area contributed by atoms with Gasteiger partial charge in [-0.3, -0.25) is 0 Å². The van der Waals surface area contributed by atoms with Crippen molar-refractivity contribution < 1.29 is 5.11 Å². The molecular weight excluding hydrogens is 232 g/mol. The standard InChI is InChI=1S/C18H36O/c1-14(13-18(5,6)17(2,3)4)11-12-15-9-7-8-10-16(15)19/h14-16,19H,7-13H2,1-6H3. The molecule has 1 saturated carbocycles. The van der Waals surface area contributed by atoms with Gasteiger partial charge in [-0.1, -0.05) is 60.8 Å². The quantitative estimate of drug-likeness (QED) is 0.706. The van der Waals surface area contributed by atoms with E-state index in [2.05, 4.69) is 41.5 Å². The van der Waals surface area contributed by atoms with Crippen molar-refractivity contribution in [1.82, 2.24) is 0 Å². The van der Waals surface area contributed by atoms with Crippen LogP contribution in [-0.2, 0) is 0 Å². The van der Waals surface area contributed by atoms with E-state index in [-0.39, 0.29) is 6.10 Å². The minimum absolute atomic E-state index is 0.0171. The maximum Gasteiger partial charge on any atom is 0.0568 e. The van der Waals surface area contributed by atoms with Crippen molar-refractivity contribution in [2.75, 3.05) is 0 Å². The Morgan fingerprint density at radius 3 is 2.16 bits per heavy atom. The second-order valence-electron chi connectivity index (χ2n) is 8.63. The largest absolute Gasteiger partial charge is 0.393 e. The molecule has 114 valence electrons. The minimum atomic E-state index is -0.0171. The third-order valence-electron chi connectivity index (χ3n) is 5.79. The Balaban J connectivity index is 2.37. The van der Waals surface area contributed by atoms with Gasteiger partial charge in [0.25, 0.3) is 0 Å². The molecule has 0 bridgehead atoms. The second-order valence-corrected chi connectivity index (χ2v) is 8.63. The zero-order valence-corrected chi connectivity index (χ0v) is 14.1. The lowest BCUT2D eigenvalue weighted by Gasteiger charge is -2.41. The monoisotopic (exact) mass is 268 g/mol. The molecule has 1 nitrogen and oxygen atoms in total. The van der Waals surface area contributed by atoms with E-state index >= 15 is 0 Å². The molecule has 19 heavy (non-hydrogen) atoms. The highest BCUT2D eigenvalue weighted by Gasteiger charge is 2.34. The van der Waals surface area contributed by atoms with Gasteiger partial charge < -0.3 is 5.11 Å². The number of rotatable bonds is 5. The molecule has 0 amide bonds. The van der Waals surface area contributed by atoms with Crippen LogP contribution in [-0.4, -0.2) is 11.2 Å². The fourth-order valence-electron chi connectivity index (χ4n) is 3.30. The average molecular weight is 268 g/mol. The second kappa shape index (κ2) is 6.61. The minimum Gasteiger partial charge on any atom is -0.393 e. The number of aliphatic hydroxyl groups is 1. The van der Waals surface area contributed by atoms with E-state index in [0.29, 0.717) is 16.7 Å². The molecule has 0 aromatic rings. The first-order valence-corrected chi connectivity index (χ1v) is 8.31. The predicted molar refractivity (Wildman–Crippen MR) is 84.2 cm³/mol. The summed E-state index contributed by atoms with van der Waals surface area (Å²) < 4.78 is 0. The van der Waals surface area contributed by atoms with E-state index in [1.807, 2.05) is 0 Å². The molecule has 1 fully saturated rings. The lowest BCUT2D eigenvalue weighted by Crippen LogP contribution is -2.31. The van der Waals surface area contributed by atoms with Gasteiger partial charge in [-0.2, -0.15) is 0 Å². The normalized spacial score (nSPS) is 27.3. The maximum atomic E-state index is 10.0. The highest BCUT2D eigenvalue weighted by Crippen LogP contribution is 2.43. The third kappa shape index (κ3) is 5.10. The summed E-state index contributed by atoms with van der Waals surface area (Å²) in [5, 5.41) is 10.0. The summed E-state index contributed by atoms with van der Waals surface area (Å²) in [6.07, 6.45) is 8.61. The van der Waals surface area contributed by atoms with Gasteiger partial charge in [-0.05, 0) is 48.3 Å². The van der Waals surface area contributed by atoms with Crippen LogP contribution < -0.4 is 0 Å². The Kier molecular flexibility index (Phi) is 5.92. The number of hydrogen-bond donors (Lipinski definition) is 1. The molecule has 3 atom stereocenters. The van der Waals surface area contributed by atoms with Crippen LogP contribution >= 0.6 is 0 Å². The summed E-state index contributed by atoms with van der Waals surface area (Å²) in [4.78, 5) is 0. The Morgan fingerprint density at radius 1 is 1.05 bits per heavy atom. The molecule has 0 aromatic heterocycles. The van der Waals surface area contributed by atoms with E-state index in [0.717, 1.165) is 12.3 Å². The first-order valence-electron chi connectivity index (χ1n) is 8.31. The summed E-state index contributed by atoms with van der Waals surface area (Å²) in [6, 6.07) is 0. The summed E-state index contributed by atoms with van der Waals surface area (Å²) in [5.41, 5.74) is 0.753. The van der Waals surface area contributed by atoms with Gasteiger partial charge in [0.05, 0.1) is 6.10 Å². The van der Waals surface area contributed by atoms with Crippen molar-refractivity contribution in [1.29, 1.82) is 0 Å². The van der Waals surface area contributed by atoms with Crippen LogP contribution in [0.15, 0.2) is 0 Å². The summed E-state index contributed by atoms with van der Waals surface area (Å²) >= 11 is 0. The smallest absolute Gasteiger partial charge is 0.0568 e. The van der Waals surface area contributed by atoms with E-state index in [9.17, 15) is 5.11 Å². The molecule has 0 heterocycles.